The van der Waals surface area contributed by atoms with Crippen LogP contribution in [0.1, 0.15) is 48.1 Å². The van der Waals surface area contributed by atoms with E-state index in [1.807, 2.05) is 6.92 Å². The highest BCUT2D eigenvalue weighted by Crippen LogP contribution is 2.29. The Morgan fingerprint density at radius 3 is 2.33 bits per heavy atom. The number of carbonyl (C=O) groups is 1. The lowest BCUT2D eigenvalue weighted by Gasteiger charge is -2.31. The first kappa shape index (κ1) is 23.7. The van der Waals surface area contributed by atoms with Gasteiger partial charge in [-0.2, -0.15) is 4.31 Å². The first-order chi connectivity index (χ1) is 15.9. The normalized spacial score (nSPS) is 18.7. The van der Waals surface area contributed by atoms with Crippen LogP contribution in [0.3, 0.4) is 0 Å². The van der Waals surface area contributed by atoms with Gasteiger partial charge in [-0.1, -0.05) is 12.1 Å². The van der Waals surface area contributed by atoms with Gasteiger partial charge in [0.1, 0.15) is 5.82 Å². The zero-order valence-corrected chi connectivity index (χ0v) is 19.6. The van der Waals surface area contributed by atoms with E-state index < -0.39 is 10.0 Å². The third-order valence-electron chi connectivity index (χ3n) is 6.23. The van der Waals surface area contributed by atoms with Gasteiger partial charge < -0.3 is 15.0 Å². The topological polar surface area (TPSA) is 79.0 Å². The molecule has 9 heteroatoms. The Labute approximate surface area is 194 Å². The van der Waals surface area contributed by atoms with Crippen molar-refractivity contribution in [2.75, 3.05) is 44.3 Å². The molecule has 2 fully saturated rings. The Kier molecular flexibility index (Phi) is 7.31. The van der Waals surface area contributed by atoms with Crippen LogP contribution >= 0.6 is 0 Å². The van der Waals surface area contributed by atoms with Crippen LogP contribution in [-0.2, 0) is 14.8 Å². The molecule has 2 aliphatic rings. The highest BCUT2D eigenvalue weighted by atomic mass is 32.2. The monoisotopic (exact) mass is 475 g/mol. The van der Waals surface area contributed by atoms with Gasteiger partial charge in [0.15, 0.2) is 0 Å². The third-order valence-corrected chi connectivity index (χ3v) is 8.13. The molecule has 0 spiro atoms. The fraction of sp³-hybridized carbons (Fsp3) is 0.458. The molecule has 2 aromatic rings. The van der Waals surface area contributed by atoms with E-state index in [9.17, 15) is 17.6 Å². The number of hydrogen-bond donors (Lipinski definition) is 1. The second kappa shape index (κ2) is 10.2. The summed E-state index contributed by atoms with van der Waals surface area (Å²) in [6, 6.07) is 10.4. The summed E-state index contributed by atoms with van der Waals surface area (Å²) in [6.07, 6.45) is 3.20. The van der Waals surface area contributed by atoms with Gasteiger partial charge in [-0.3, -0.25) is 4.79 Å². The lowest BCUT2D eigenvalue weighted by Crippen LogP contribution is -2.40. The van der Waals surface area contributed by atoms with Crippen LogP contribution in [0, 0.1) is 5.82 Å². The molecule has 178 valence electrons. The molecule has 7 nitrogen and oxygen atoms in total. The zero-order valence-electron chi connectivity index (χ0n) is 18.8. The Morgan fingerprint density at radius 2 is 1.67 bits per heavy atom. The number of morpholine rings is 1. The number of piperidine rings is 1. The molecule has 0 bridgehead atoms. The fourth-order valence-electron chi connectivity index (χ4n) is 4.31. The molecule has 0 saturated carbocycles. The summed E-state index contributed by atoms with van der Waals surface area (Å²) in [7, 11) is -3.74. The van der Waals surface area contributed by atoms with Crippen LogP contribution in [0.15, 0.2) is 47.4 Å². The van der Waals surface area contributed by atoms with E-state index in [0.29, 0.717) is 31.9 Å². The number of nitrogens with zero attached hydrogens (tertiary/aromatic N) is 2. The summed E-state index contributed by atoms with van der Waals surface area (Å²) in [5.41, 5.74) is 1.83. The quantitative estimate of drug-likeness (QED) is 0.694. The van der Waals surface area contributed by atoms with E-state index in [1.165, 1.54) is 22.5 Å². The van der Waals surface area contributed by atoms with Crippen molar-refractivity contribution in [3.8, 4) is 0 Å². The van der Waals surface area contributed by atoms with Crippen LogP contribution in [0.2, 0.25) is 0 Å². The molecule has 1 N–H and O–H groups in total. The minimum atomic E-state index is -3.74. The Balaban J connectivity index is 1.65. The van der Waals surface area contributed by atoms with E-state index in [2.05, 4.69) is 10.2 Å². The van der Waals surface area contributed by atoms with Crippen molar-refractivity contribution in [2.24, 2.45) is 0 Å². The molecule has 2 aromatic carbocycles. The van der Waals surface area contributed by atoms with Gasteiger partial charge in [0.25, 0.3) is 5.91 Å². The smallest absolute Gasteiger partial charge is 0.253 e. The molecule has 1 unspecified atom stereocenters. The van der Waals surface area contributed by atoms with Gasteiger partial charge in [-0.25, -0.2) is 12.8 Å². The molecule has 2 heterocycles. The Hall–Kier alpha value is -2.49. The highest BCUT2D eigenvalue weighted by molar-refractivity contribution is 7.89. The fourth-order valence-corrected chi connectivity index (χ4v) is 5.75. The highest BCUT2D eigenvalue weighted by Gasteiger charge is 2.29. The van der Waals surface area contributed by atoms with Crippen molar-refractivity contribution in [3.63, 3.8) is 0 Å². The van der Waals surface area contributed by atoms with Crippen molar-refractivity contribution in [2.45, 2.75) is 37.1 Å². The van der Waals surface area contributed by atoms with E-state index in [4.69, 9.17) is 4.74 Å². The number of benzene rings is 2. The largest absolute Gasteiger partial charge is 0.379 e. The number of ether oxygens (including phenoxy) is 1. The van der Waals surface area contributed by atoms with Crippen LogP contribution in [-0.4, -0.2) is 58.0 Å². The molecule has 2 aliphatic heterocycles. The lowest BCUT2D eigenvalue weighted by molar-refractivity contribution is 0.0730. The molecular weight excluding hydrogens is 445 g/mol. The van der Waals surface area contributed by atoms with Gasteiger partial charge in [-0.05, 0) is 62.1 Å². The SMILES string of the molecule is CC(NC(=O)c1cc(S(=O)(=O)N2CCOCC2)ccc1N1CCCCC1)c1ccc(F)cc1. The molecule has 1 atom stereocenters. The summed E-state index contributed by atoms with van der Waals surface area (Å²) in [4.78, 5) is 15.6. The third kappa shape index (κ3) is 5.37. The predicted molar refractivity (Wildman–Crippen MR) is 124 cm³/mol. The summed E-state index contributed by atoms with van der Waals surface area (Å²) in [5.74, 6) is -0.697. The number of rotatable bonds is 6. The second-order valence-corrected chi connectivity index (χ2v) is 10.4. The molecule has 0 aromatic heterocycles. The maximum Gasteiger partial charge on any atom is 0.253 e. The minimum absolute atomic E-state index is 0.102. The predicted octanol–water partition coefficient (Wildman–Crippen LogP) is 3.33. The number of carbonyl (C=O) groups excluding carboxylic acids is 1. The summed E-state index contributed by atoms with van der Waals surface area (Å²) >= 11 is 0. The molecule has 0 aliphatic carbocycles. The van der Waals surface area contributed by atoms with E-state index in [-0.39, 0.29) is 22.7 Å². The number of anilines is 1. The summed E-state index contributed by atoms with van der Waals surface area (Å²) < 4.78 is 46.4. The average molecular weight is 476 g/mol. The Morgan fingerprint density at radius 1 is 1.00 bits per heavy atom. The van der Waals surface area contributed by atoms with Crippen LogP contribution in [0.25, 0.3) is 0 Å². The maximum absolute atomic E-state index is 13.4. The first-order valence-electron chi connectivity index (χ1n) is 11.4. The van der Waals surface area contributed by atoms with Crippen molar-refractivity contribution < 1.29 is 22.3 Å². The standard InChI is InChI=1S/C24H30FN3O4S/c1-18(19-5-7-20(25)8-6-19)26-24(29)22-17-21(33(30,31)28-13-15-32-16-14-28)9-10-23(22)27-11-3-2-4-12-27/h5-10,17-18H,2-4,11-16H2,1H3,(H,26,29). The first-order valence-corrected chi connectivity index (χ1v) is 12.8. The molecule has 4 rings (SSSR count). The van der Waals surface area contributed by atoms with E-state index in [1.54, 1.807) is 24.3 Å². The van der Waals surface area contributed by atoms with Crippen molar-refractivity contribution >= 4 is 21.6 Å². The number of hydrogen-bond acceptors (Lipinski definition) is 5. The van der Waals surface area contributed by atoms with Gasteiger partial charge in [0.2, 0.25) is 10.0 Å². The summed E-state index contributed by atoms with van der Waals surface area (Å²) in [5, 5.41) is 2.95. The number of nitrogens with one attached hydrogen (secondary N) is 1. The van der Waals surface area contributed by atoms with Crippen LogP contribution in [0.5, 0.6) is 0 Å². The maximum atomic E-state index is 13.4. The van der Waals surface area contributed by atoms with Crippen molar-refractivity contribution in [3.05, 3.63) is 59.4 Å². The van der Waals surface area contributed by atoms with Gasteiger partial charge in [-0.15, -0.1) is 0 Å². The minimum Gasteiger partial charge on any atom is -0.379 e. The zero-order chi connectivity index (χ0) is 23.4. The van der Waals surface area contributed by atoms with Crippen LogP contribution in [0.4, 0.5) is 10.1 Å². The average Bonchev–Trinajstić information content (AvgIpc) is 2.85. The number of halogens is 1. The van der Waals surface area contributed by atoms with E-state index >= 15 is 0 Å². The second-order valence-electron chi connectivity index (χ2n) is 8.49. The molecule has 2 saturated heterocycles. The van der Waals surface area contributed by atoms with Crippen molar-refractivity contribution in [1.82, 2.24) is 9.62 Å². The van der Waals surface area contributed by atoms with Crippen molar-refractivity contribution in [1.29, 1.82) is 0 Å². The van der Waals surface area contributed by atoms with Crippen LogP contribution < -0.4 is 10.2 Å². The van der Waals surface area contributed by atoms with E-state index in [0.717, 1.165) is 43.6 Å². The molecule has 0 radical (unpaired) electrons. The molecule has 33 heavy (non-hydrogen) atoms. The van der Waals surface area contributed by atoms with Gasteiger partial charge in [0.05, 0.1) is 29.7 Å². The summed E-state index contributed by atoms with van der Waals surface area (Å²) in [6.45, 7) is 4.76. The van der Waals surface area contributed by atoms with Gasteiger partial charge >= 0.3 is 0 Å². The molecule has 1 amide bonds. The number of amides is 1. The lowest BCUT2D eigenvalue weighted by atomic mass is 10.0. The van der Waals surface area contributed by atoms with Gasteiger partial charge in [0, 0.05) is 31.9 Å². The molecular formula is C24H30FN3O4S. The number of sulfonamides is 1. The Bertz CT molecular complexity index is 1080.